The summed E-state index contributed by atoms with van der Waals surface area (Å²) in [7, 11) is -3.08. The molecule has 1 N–H and O–H groups in total. The number of imidazole rings is 1. The van der Waals surface area contributed by atoms with E-state index in [9.17, 15) is 8.42 Å². The smallest absolute Gasteiger partial charge is 0.194 e. The molecule has 0 aliphatic carbocycles. The van der Waals surface area contributed by atoms with Crippen LogP contribution in [0.4, 0.5) is 0 Å². The van der Waals surface area contributed by atoms with Gasteiger partial charge in [0, 0.05) is 38.6 Å². The molecule has 1 aliphatic heterocycles. The molecule has 1 saturated heterocycles. The van der Waals surface area contributed by atoms with E-state index in [0.29, 0.717) is 19.6 Å². The first-order valence-electron chi connectivity index (χ1n) is 10.1. The molecule has 1 aromatic carbocycles. The minimum absolute atomic E-state index is 0.149. The van der Waals surface area contributed by atoms with Gasteiger partial charge in [-0.2, -0.15) is 0 Å². The van der Waals surface area contributed by atoms with Crippen molar-refractivity contribution < 1.29 is 8.42 Å². The summed E-state index contributed by atoms with van der Waals surface area (Å²) in [5.74, 6) is 1.80. The summed E-state index contributed by atoms with van der Waals surface area (Å²) in [6, 6.07) is 10.4. The standard InChI is InChI=1S/C21H31N5O2S/c1-4-22-20(26-14-15-29(27,28)21(2,3)17-26)24-16-19-23-11-13-25(19)12-10-18-8-6-5-7-9-18/h5-9,11,13H,4,10,12,14-17H2,1-3H3,(H,22,24). The quantitative estimate of drug-likeness (QED) is 0.575. The zero-order valence-electron chi connectivity index (χ0n) is 17.5. The first-order valence-corrected chi connectivity index (χ1v) is 11.8. The third kappa shape index (κ3) is 5.18. The zero-order valence-corrected chi connectivity index (χ0v) is 18.3. The van der Waals surface area contributed by atoms with Gasteiger partial charge in [0.25, 0.3) is 0 Å². The van der Waals surface area contributed by atoms with Crippen molar-refractivity contribution in [2.75, 3.05) is 25.4 Å². The van der Waals surface area contributed by atoms with Gasteiger partial charge < -0.3 is 14.8 Å². The zero-order chi connectivity index (χ0) is 20.9. The highest BCUT2D eigenvalue weighted by Gasteiger charge is 2.40. The van der Waals surface area contributed by atoms with Gasteiger partial charge in [-0.05, 0) is 32.8 Å². The lowest BCUT2D eigenvalue weighted by Gasteiger charge is -2.39. The van der Waals surface area contributed by atoms with E-state index in [-0.39, 0.29) is 5.75 Å². The Kier molecular flexibility index (Phi) is 6.62. The number of hydrogen-bond donors (Lipinski definition) is 1. The molecule has 8 heteroatoms. The molecule has 1 aliphatic rings. The third-order valence-corrected chi connectivity index (χ3v) is 7.87. The number of nitrogens with one attached hydrogen (secondary N) is 1. The summed E-state index contributed by atoms with van der Waals surface area (Å²) >= 11 is 0. The number of aryl methyl sites for hydroxylation is 2. The summed E-state index contributed by atoms with van der Waals surface area (Å²) in [6.45, 7) is 8.51. The Bertz CT molecular complexity index is 935. The maximum absolute atomic E-state index is 12.3. The van der Waals surface area contributed by atoms with Crippen LogP contribution in [0.3, 0.4) is 0 Å². The highest BCUT2D eigenvalue weighted by atomic mass is 32.2. The second-order valence-corrected chi connectivity index (χ2v) is 10.7. The van der Waals surface area contributed by atoms with E-state index in [1.807, 2.05) is 24.1 Å². The summed E-state index contributed by atoms with van der Waals surface area (Å²) in [5.41, 5.74) is 1.29. The number of guanidine groups is 1. The van der Waals surface area contributed by atoms with E-state index in [2.05, 4.69) is 39.1 Å². The Morgan fingerprint density at radius 2 is 2.03 bits per heavy atom. The number of nitrogens with zero attached hydrogens (tertiary/aromatic N) is 4. The fraction of sp³-hybridized carbons (Fsp3) is 0.524. The molecule has 29 heavy (non-hydrogen) atoms. The van der Waals surface area contributed by atoms with Gasteiger partial charge in [-0.15, -0.1) is 0 Å². The number of benzene rings is 1. The van der Waals surface area contributed by atoms with Crippen molar-refractivity contribution in [1.82, 2.24) is 19.8 Å². The average molecular weight is 418 g/mol. The van der Waals surface area contributed by atoms with Crippen LogP contribution in [-0.4, -0.2) is 59.0 Å². The molecule has 3 rings (SSSR count). The molecule has 7 nitrogen and oxygen atoms in total. The van der Waals surface area contributed by atoms with Crippen molar-refractivity contribution in [3.8, 4) is 0 Å². The number of hydrogen-bond acceptors (Lipinski definition) is 4. The van der Waals surface area contributed by atoms with Crippen LogP contribution in [0.15, 0.2) is 47.7 Å². The number of aromatic nitrogens is 2. The molecule has 0 bridgehead atoms. The number of sulfone groups is 1. The molecular weight excluding hydrogens is 386 g/mol. The van der Waals surface area contributed by atoms with Crippen LogP contribution in [0.5, 0.6) is 0 Å². The Labute approximate surface area is 173 Å². The molecule has 2 aromatic rings. The topological polar surface area (TPSA) is 79.6 Å². The van der Waals surface area contributed by atoms with E-state index in [0.717, 1.165) is 31.3 Å². The SMILES string of the molecule is CCNC(=NCc1nccn1CCc1ccccc1)N1CCS(=O)(=O)C(C)(C)C1. The Balaban J connectivity index is 1.69. The van der Waals surface area contributed by atoms with Gasteiger partial charge in [0.2, 0.25) is 0 Å². The molecule has 0 unspecified atom stereocenters. The normalized spacial score (nSPS) is 18.6. The second kappa shape index (κ2) is 8.98. The molecule has 2 heterocycles. The summed E-state index contributed by atoms with van der Waals surface area (Å²) in [4.78, 5) is 11.3. The van der Waals surface area contributed by atoms with E-state index in [4.69, 9.17) is 4.99 Å². The molecule has 158 valence electrons. The summed E-state index contributed by atoms with van der Waals surface area (Å²) < 4.78 is 26.0. The van der Waals surface area contributed by atoms with Crippen LogP contribution in [-0.2, 0) is 29.3 Å². The van der Waals surface area contributed by atoms with E-state index < -0.39 is 14.6 Å². The van der Waals surface area contributed by atoms with Gasteiger partial charge in [-0.3, -0.25) is 0 Å². The van der Waals surface area contributed by atoms with Crippen molar-refractivity contribution >= 4 is 15.8 Å². The average Bonchev–Trinajstić information content (AvgIpc) is 3.14. The van der Waals surface area contributed by atoms with Gasteiger partial charge in [-0.1, -0.05) is 30.3 Å². The molecule has 1 aromatic heterocycles. The highest BCUT2D eigenvalue weighted by Crippen LogP contribution is 2.23. The van der Waals surface area contributed by atoms with Crippen molar-refractivity contribution in [3.05, 3.63) is 54.1 Å². The predicted molar refractivity (Wildman–Crippen MR) is 117 cm³/mol. The summed E-state index contributed by atoms with van der Waals surface area (Å²) in [5, 5.41) is 3.30. The molecule has 0 spiro atoms. The Morgan fingerprint density at radius 1 is 1.28 bits per heavy atom. The first-order chi connectivity index (χ1) is 13.8. The van der Waals surface area contributed by atoms with Crippen LogP contribution >= 0.6 is 0 Å². The van der Waals surface area contributed by atoms with Crippen molar-refractivity contribution in [2.24, 2.45) is 4.99 Å². The molecule has 1 fully saturated rings. The fourth-order valence-corrected chi connectivity index (χ4v) is 4.85. The number of rotatable bonds is 6. The van der Waals surface area contributed by atoms with E-state index >= 15 is 0 Å². The minimum Gasteiger partial charge on any atom is -0.357 e. The lowest BCUT2D eigenvalue weighted by Crippen LogP contribution is -2.57. The van der Waals surface area contributed by atoms with Crippen molar-refractivity contribution in [3.63, 3.8) is 0 Å². The van der Waals surface area contributed by atoms with Crippen molar-refractivity contribution in [1.29, 1.82) is 0 Å². The first kappa shape index (κ1) is 21.4. The van der Waals surface area contributed by atoms with Crippen molar-refractivity contribution in [2.45, 2.75) is 45.0 Å². The number of aliphatic imine (C=N–C) groups is 1. The van der Waals surface area contributed by atoms with E-state index in [1.165, 1.54) is 5.56 Å². The second-order valence-electron chi connectivity index (χ2n) is 7.94. The largest absolute Gasteiger partial charge is 0.357 e. The lowest BCUT2D eigenvalue weighted by atomic mass is 10.1. The van der Waals surface area contributed by atoms with Crippen LogP contribution in [0, 0.1) is 0 Å². The monoisotopic (exact) mass is 417 g/mol. The fourth-order valence-electron chi connectivity index (χ4n) is 3.49. The summed E-state index contributed by atoms with van der Waals surface area (Å²) in [6.07, 6.45) is 4.73. The molecule has 0 radical (unpaired) electrons. The lowest BCUT2D eigenvalue weighted by molar-refractivity contribution is 0.353. The predicted octanol–water partition coefficient (Wildman–Crippen LogP) is 2.10. The van der Waals surface area contributed by atoms with Crippen LogP contribution in [0.1, 0.15) is 32.2 Å². The Hall–Kier alpha value is -2.35. The maximum atomic E-state index is 12.3. The van der Waals surface area contributed by atoms with Gasteiger partial charge in [0.05, 0.1) is 10.5 Å². The molecule has 0 atom stereocenters. The van der Waals surface area contributed by atoms with Gasteiger partial charge in [0.1, 0.15) is 12.4 Å². The van der Waals surface area contributed by atoms with Gasteiger partial charge in [-0.25, -0.2) is 18.4 Å². The van der Waals surface area contributed by atoms with Crippen LogP contribution < -0.4 is 5.32 Å². The van der Waals surface area contributed by atoms with Crippen LogP contribution in [0.25, 0.3) is 0 Å². The van der Waals surface area contributed by atoms with Crippen LogP contribution in [0.2, 0.25) is 0 Å². The van der Waals surface area contributed by atoms with E-state index in [1.54, 1.807) is 20.0 Å². The minimum atomic E-state index is -3.08. The molecule has 0 amide bonds. The third-order valence-electron chi connectivity index (χ3n) is 5.33. The Morgan fingerprint density at radius 3 is 2.72 bits per heavy atom. The molecular formula is C21H31N5O2S. The van der Waals surface area contributed by atoms with Gasteiger partial charge >= 0.3 is 0 Å². The molecule has 0 saturated carbocycles. The maximum Gasteiger partial charge on any atom is 0.194 e. The highest BCUT2D eigenvalue weighted by molar-refractivity contribution is 7.92. The van der Waals surface area contributed by atoms with Gasteiger partial charge in [0.15, 0.2) is 15.8 Å².